The molecule has 1 N–H and O–H groups in total. The van der Waals surface area contributed by atoms with E-state index in [9.17, 15) is 9.90 Å². The first-order chi connectivity index (χ1) is 13.3. The van der Waals surface area contributed by atoms with Crippen LogP contribution >= 0.6 is 0 Å². The lowest BCUT2D eigenvalue weighted by Gasteiger charge is -2.19. The number of hydrogen-bond acceptors (Lipinski definition) is 4. The number of aromatic nitrogens is 1. The fourth-order valence-corrected chi connectivity index (χ4v) is 3.91. The summed E-state index contributed by atoms with van der Waals surface area (Å²) in [5.41, 5.74) is 3.36. The van der Waals surface area contributed by atoms with E-state index in [2.05, 4.69) is 42.8 Å². The van der Waals surface area contributed by atoms with Gasteiger partial charge in [-0.25, -0.2) is 0 Å². The summed E-state index contributed by atoms with van der Waals surface area (Å²) in [5.74, 6) is 0.455. The van der Waals surface area contributed by atoms with Crippen LogP contribution in [-0.2, 0) is 11.8 Å². The maximum Gasteiger partial charge on any atom is 0.162 e. The summed E-state index contributed by atoms with van der Waals surface area (Å²) >= 11 is 0. The molecule has 150 valence electrons. The van der Waals surface area contributed by atoms with Crippen molar-refractivity contribution in [3.63, 3.8) is 0 Å². The van der Waals surface area contributed by atoms with E-state index >= 15 is 0 Å². The average molecular weight is 381 g/mol. The number of ketones is 1. The van der Waals surface area contributed by atoms with Gasteiger partial charge in [-0.05, 0) is 48.1 Å². The third kappa shape index (κ3) is 5.49. The number of Topliss-reactive ketones (excluding diaryl/α,β-unsaturated/α-hetero) is 1. The van der Waals surface area contributed by atoms with Gasteiger partial charge in [-0.3, -0.25) is 9.78 Å². The van der Waals surface area contributed by atoms with E-state index in [1.54, 1.807) is 12.4 Å². The molecule has 2 heterocycles. The molecule has 4 nitrogen and oxygen atoms in total. The molecule has 0 spiro atoms. The molecular formula is C24H32N2O2. The molecule has 0 radical (unpaired) electrons. The highest BCUT2D eigenvalue weighted by atomic mass is 16.3. The van der Waals surface area contributed by atoms with Crippen LogP contribution in [0.5, 0.6) is 0 Å². The second-order valence-electron chi connectivity index (χ2n) is 9.00. The summed E-state index contributed by atoms with van der Waals surface area (Å²) in [4.78, 5) is 18.8. The highest BCUT2D eigenvalue weighted by Gasteiger charge is 2.30. The minimum atomic E-state index is -0.297. The smallest absolute Gasteiger partial charge is 0.162 e. The van der Waals surface area contributed by atoms with Crippen LogP contribution in [0.3, 0.4) is 0 Å². The highest BCUT2D eigenvalue weighted by Crippen LogP contribution is 2.24. The van der Waals surface area contributed by atoms with Gasteiger partial charge in [0, 0.05) is 43.4 Å². The summed E-state index contributed by atoms with van der Waals surface area (Å²) in [5, 5.41) is 10.4. The fourth-order valence-electron chi connectivity index (χ4n) is 3.91. The van der Waals surface area contributed by atoms with Crippen molar-refractivity contribution in [2.24, 2.45) is 5.92 Å². The molecule has 0 saturated carbocycles. The Balaban J connectivity index is 1.44. The average Bonchev–Trinajstić information content (AvgIpc) is 3.01. The lowest BCUT2D eigenvalue weighted by atomic mass is 9.86. The van der Waals surface area contributed by atoms with E-state index in [0.717, 1.165) is 31.5 Å². The molecule has 1 aromatic carbocycles. The van der Waals surface area contributed by atoms with Crippen LogP contribution in [0.2, 0.25) is 0 Å². The summed E-state index contributed by atoms with van der Waals surface area (Å²) in [7, 11) is 0. The zero-order valence-corrected chi connectivity index (χ0v) is 17.3. The van der Waals surface area contributed by atoms with E-state index in [-0.39, 0.29) is 23.2 Å². The molecule has 28 heavy (non-hydrogen) atoms. The predicted molar refractivity (Wildman–Crippen MR) is 113 cm³/mol. The van der Waals surface area contributed by atoms with Crippen LogP contribution < -0.4 is 0 Å². The number of likely N-dealkylation sites (tertiary alicyclic amines) is 1. The Morgan fingerprint density at radius 1 is 1.11 bits per heavy atom. The van der Waals surface area contributed by atoms with Gasteiger partial charge >= 0.3 is 0 Å². The van der Waals surface area contributed by atoms with E-state index in [1.807, 2.05) is 24.3 Å². The maximum atomic E-state index is 12.5. The molecule has 0 amide bonds. The number of aliphatic hydroxyl groups excluding tert-OH is 1. The third-order valence-corrected chi connectivity index (χ3v) is 5.68. The van der Waals surface area contributed by atoms with E-state index in [4.69, 9.17) is 0 Å². The lowest BCUT2D eigenvalue weighted by Crippen LogP contribution is -2.23. The summed E-state index contributed by atoms with van der Waals surface area (Å²) in [6.45, 7) is 8.97. The minimum Gasteiger partial charge on any atom is -0.391 e. The van der Waals surface area contributed by atoms with Gasteiger partial charge in [0.2, 0.25) is 0 Å². The summed E-state index contributed by atoms with van der Waals surface area (Å²) in [6.07, 6.45) is 5.56. The molecule has 1 aliphatic heterocycles. The zero-order chi connectivity index (χ0) is 20.1. The van der Waals surface area contributed by atoms with Crippen LogP contribution in [-0.4, -0.2) is 46.5 Å². The molecule has 2 aromatic rings. The minimum absolute atomic E-state index is 0.102. The molecule has 1 aromatic heterocycles. The molecule has 0 unspecified atom stereocenters. The van der Waals surface area contributed by atoms with Crippen molar-refractivity contribution in [3.8, 4) is 0 Å². The van der Waals surface area contributed by atoms with Crippen molar-refractivity contribution in [2.75, 3.05) is 19.6 Å². The number of pyridine rings is 1. The highest BCUT2D eigenvalue weighted by molar-refractivity contribution is 5.96. The van der Waals surface area contributed by atoms with Crippen LogP contribution in [0, 0.1) is 5.92 Å². The van der Waals surface area contributed by atoms with Gasteiger partial charge in [0.1, 0.15) is 0 Å². The topological polar surface area (TPSA) is 53.4 Å². The Kier molecular flexibility index (Phi) is 6.63. The van der Waals surface area contributed by atoms with Gasteiger partial charge in [-0.15, -0.1) is 0 Å². The van der Waals surface area contributed by atoms with Crippen LogP contribution in [0.25, 0.3) is 0 Å². The SMILES string of the molecule is CC(C)(C)c1ccc(C(=O)CCCN2C[C@@H](Cc3ccncc3)[C@H](O)C2)cc1. The van der Waals surface area contributed by atoms with E-state index in [1.165, 1.54) is 11.1 Å². The summed E-state index contributed by atoms with van der Waals surface area (Å²) in [6, 6.07) is 12.1. The number of β-amino-alcohol motifs (C(OH)–C–C–N with tert-alkyl or cyclic N) is 1. The van der Waals surface area contributed by atoms with Gasteiger partial charge in [-0.1, -0.05) is 45.0 Å². The Morgan fingerprint density at radius 3 is 2.43 bits per heavy atom. The molecule has 2 atom stereocenters. The number of hydrogen-bond donors (Lipinski definition) is 1. The van der Waals surface area contributed by atoms with Crippen molar-refractivity contribution in [1.82, 2.24) is 9.88 Å². The first kappa shape index (κ1) is 20.7. The first-order valence-corrected chi connectivity index (χ1v) is 10.3. The van der Waals surface area contributed by atoms with Crippen LogP contribution in [0.15, 0.2) is 48.8 Å². The van der Waals surface area contributed by atoms with Crippen molar-refractivity contribution in [3.05, 3.63) is 65.5 Å². The number of rotatable bonds is 7. The maximum absolute atomic E-state index is 12.5. The standard InChI is InChI=1S/C24H32N2O2/c1-24(2,3)21-8-6-19(7-9-21)22(27)5-4-14-26-16-20(23(28)17-26)15-18-10-12-25-13-11-18/h6-13,20,23,28H,4-5,14-17H2,1-3H3/t20-,23-/m1/s1. The predicted octanol–water partition coefficient (Wildman–Crippen LogP) is 3.88. The van der Waals surface area contributed by atoms with Crippen LogP contribution in [0.1, 0.15) is 55.1 Å². The molecule has 0 bridgehead atoms. The van der Waals surface area contributed by atoms with Crippen LogP contribution in [0.4, 0.5) is 0 Å². The number of benzene rings is 1. The van der Waals surface area contributed by atoms with Crippen molar-refractivity contribution >= 4 is 5.78 Å². The molecule has 3 rings (SSSR count). The lowest BCUT2D eigenvalue weighted by molar-refractivity contribution is 0.0975. The van der Waals surface area contributed by atoms with Gasteiger partial charge in [0.15, 0.2) is 5.78 Å². The van der Waals surface area contributed by atoms with Gasteiger partial charge in [-0.2, -0.15) is 0 Å². The van der Waals surface area contributed by atoms with Gasteiger partial charge in [0.05, 0.1) is 6.10 Å². The monoisotopic (exact) mass is 380 g/mol. The molecular weight excluding hydrogens is 348 g/mol. The van der Waals surface area contributed by atoms with Crippen molar-refractivity contribution in [2.45, 2.75) is 51.6 Å². The number of carbonyl (C=O) groups is 1. The molecule has 0 aliphatic carbocycles. The largest absolute Gasteiger partial charge is 0.391 e. The number of aliphatic hydroxyl groups is 1. The van der Waals surface area contributed by atoms with Gasteiger partial charge in [0.25, 0.3) is 0 Å². The van der Waals surface area contributed by atoms with E-state index < -0.39 is 0 Å². The quantitative estimate of drug-likeness (QED) is 0.741. The Morgan fingerprint density at radius 2 is 1.79 bits per heavy atom. The zero-order valence-electron chi connectivity index (χ0n) is 17.3. The third-order valence-electron chi connectivity index (χ3n) is 5.68. The Labute approximate surface area is 168 Å². The second kappa shape index (κ2) is 8.97. The first-order valence-electron chi connectivity index (χ1n) is 10.3. The molecule has 1 aliphatic rings. The Hall–Kier alpha value is -2.04. The van der Waals surface area contributed by atoms with Crippen molar-refractivity contribution in [1.29, 1.82) is 0 Å². The molecule has 1 saturated heterocycles. The molecule has 4 heteroatoms. The summed E-state index contributed by atoms with van der Waals surface area (Å²) < 4.78 is 0. The van der Waals surface area contributed by atoms with Gasteiger partial charge < -0.3 is 10.0 Å². The Bertz CT molecular complexity index is 765. The van der Waals surface area contributed by atoms with E-state index in [0.29, 0.717) is 13.0 Å². The number of carbonyl (C=O) groups excluding carboxylic acids is 1. The van der Waals surface area contributed by atoms with Crippen molar-refractivity contribution < 1.29 is 9.90 Å². The second-order valence-corrected chi connectivity index (χ2v) is 9.00. The number of nitrogens with zero attached hydrogens (tertiary/aromatic N) is 2. The molecule has 1 fully saturated rings. The fraction of sp³-hybridized carbons (Fsp3) is 0.500. The normalized spacial score (nSPS) is 20.4.